The highest BCUT2D eigenvalue weighted by Gasteiger charge is 2.19. The number of hydrogen-bond acceptors (Lipinski definition) is 6. The zero-order valence-electron chi connectivity index (χ0n) is 12.6. The molecule has 1 rings (SSSR count). The molecule has 0 aromatic heterocycles. The van der Waals surface area contributed by atoms with Crippen LogP contribution in [0.5, 0.6) is 0 Å². The number of sulfonamides is 1. The van der Waals surface area contributed by atoms with Crippen molar-refractivity contribution in [1.29, 1.82) is 0 Å². The summed E-state index contributed by atoms with van der Waals surface area (Å²) in [5.74, 6) is -0.401. The van der Waals surface area contributed by atoms with Gasteiger partial charge in [0.05, 0.1) is 22.9 Å². The monoisotopic (exact) mass is 315 g/mol. The molecule has 0 radical (unpaired) electrons. The van der Waals surface area contributed by atoms with E-state index in [2.05, 4.69) is 5.32 Å². The van der Waals surface area contributed by atoms with Gasteiger partial charge in [-0.25, -0.2) is 17.5 Å². The third-order valence-corrected chi connectivity index (χ3v) is 4.62. The standard InChI is InChI=1S/C13H21N3O4S/c1-5-20-13(17)9(2)15-12-7-6-10(8-11(12)14)21(18,19)16(3)4/h6-9,15H,5,14H2,1-4H3. The fourth-order valence-corrected chi connectivity index (χ4v) is 2.54. The van der Waals surface area contributed by atoms with Crippen LogP contribution in [0.1, 0.15) is 13.8 Å². The second-order valence-corrected chi connectivity index (χ2v) is 6.81. The Labute approximate surface area is 125 Å². The Morgan fingerprint density at radius 1 is 1.43 bits per heavy atom. The summed E-state index contributed by atoms with van der Waals surface area (Å²) in [6.45, 7) is 3.65. The van der Waals surface area contributed by atoms with Crippen LogP contribution in [0.25, 0.3) is 0 Å². The SMILES string of the molecule is CCOC(=O)C(C)Nc1ccc(S(=O)(=O)N(C)C)cc1N. The number of rotatable bonds is 6. The van der Waals surface area contributed by atoms with E-state index in [0.29, 0.717) is 12.3 Å². The minimum Gasteiger partial charge on any atom is -0.464 e. The molecule has 3 N–H and O–H groups in total. The van der Waals surface area contributed by atoms with Crippen molar-refractivity contribution in [2.75, 3.05) is 31.8 Å². The fourth-order valence-electron chi connectivity index (χ4n) is 1.60. The highest BCUT2D eigenvalue weighted by molar-refractivity contribution is 7.89. The van der Waals surface area contributed by atoms with Gasteiger partial charge in [-0.3, -0.25) is 0 Å². The Morgan fingerprint density at radius 2 is 2.05 bits per heavy atom. The van der Waals surface area contributed by atoms with Gasteiger partial charge in [0.1, 0.15) is 6.04 Å². The Morgan fingerprint density at radius 3 is 2.52 bits per heavy atom. The Balaban J connectivity index is 2.97. The molecule has 1 atom stereocenters. The molecule has 0 saturated heterocycles. The van der Waals surface area contributed by atoms with E-state index in [0.717, 1.165) is 4.31 Å². The lowest BCUT2D eigenvalue weighted by Gasteiger charge is -2.17. The van der Waals surface area contributed by atoms with Gasteiger partial charge >= 0.3 is 5.97 Å². The Bertz CT molecular complexity index is 614. The summed E-state index contributed by atoms with van der Waals surface area (Å²) < 4.78 is 30.0. The molecule has 0 aliphatic heterocycles. The number of esters is 1. The van der Waals surface area contributed by atoms with Gasteiger partial charge in [0, 0.05) is 14.1 Å². The third-order valence-electron chi connectivity index (χ3n) is 2.81. The molecule has 0 bridgehead atoms. The summed E-state index contributed by atoms with van der Waals surface area (Å²) >= 11 is 0. The molecule has 8 heteroatoms. The maximum Gasteiger partial charge on any atom is 0.328 e. The maximum atomic E-state index is 12.0. The van der Waals surface area contributed by atoms with E-state index >= 15 is 0 Å². The third kappa shape index (κ3) is 4.08. The fraction of sp³-hybridized carbons (Fsp3) is 0.462. The van der Waals surface area contributed by atoms with Crippen molar-refractivity contribution >= 4 is 27.4 Å². The number of nitrogens with one attached hydrogen (secondary N) is 1. The molecule has 1 unspecified atom stereocenters. The molecule has 118 valence electrons. The van der Waals surface area contributed by atoms with Crippen molar-refractivity contribution in [1.82, 2.24) is 4.31 Å². The summed E-state index contributed by atoms with van der Waals surface area (Å²) in [7, 11) is -0.646. The molecule has 0 heterocycles. The minimum absolute atomic E-state index is 0.0966. The van der Waals surface area contributed by atoms with Crippen LogP contribution in [0.3, 0.4) is 0 Å². The van der Waals surface area contributed by atoms with Gasteiger partial charge < -0.3 is 15.8 Å². The number of nitrogens with two attached hydrogens (primary N) is 1. The number of nitrogens with zero attached hydrogens (tertiary/aromatic N) is 1. The molecule has 0 fully saturated rings. The van der Waals surface area contributed by atoms with Crippen molar-refractivity contribution in [3.05, 3.63) is 18.2 Å². The first-order valence-corrected chi connectivity index (χ1v) is 7.89. The molecule has 1 aromatic carbocycles. The second-order valence-electron chi connectivity index (χ2n) is 4.65. The smallest absolute Gasteiger partial charge is 0.328 e. The molecular formula is C13H21N3O4S. The predicted molar refractivity (Wildman–Crippen MR) is 81.4 cm³/mol. The van der Waals surface area contributed by atoms with Gasteiger partial charge in [0.2, 0.25) is 10.0 Å². The van der Waals surface area contributed by atoms with Crippen LogP contribution < -0.4 is 11.1 Å². The first-order chi connectivity index (χ1) is 9.70. The van der Waals surface area contributed by atoms with Gasteiger partial charge in [-0.1, -0.05) is 0 Å². The van der Waals surface area contributed by atoms with Gasteiger partial charge in [-0.15, -0.1) is 0 Å². The summed E-state index contributed by atoms with van der Waals surface area (Å²) in [6.07, 6.45) is 0. The van der Waals surface area contributed by atoms with Gasteiger partial charge in [-0.2, -0.15) is 0 Å². The zero-order chi connectivity index (χ0) is 16.2. The first-order valence-electron chi connectivity index (χ1n) is 6.45. The second kappa shape index (κ2) is 6.77. The van der Waals surface area contributed by atoms with Crippen LogP contribution in [0.2, 0.25) is 0 Å². The summed E-state index contributed by atoms with van der Waals surface area (Å²) in [6, 6.07) is 3.74. The number of anilines is 2. The first kappa shape index (κ1) is 17.3. The molecule has 21 heavy (non-hydrogen) atoms. The van der Waals surface area contributed by atoms with Crippen molar-refractivity contribution in [3.8, 4) is 0 Å². The number of carbonyl (C=O) groups is 1. The van der Waals surface area contributed by atoms with Crippen LogP contribution in [0.15, 0.2) is 23.1 Å². The number of hydrogen-bond donors (Lipinski definition) is 2. The Kier molecular flexibility index (Phi) is 5.56. The quantitative estimate of drug-likeness (QED) is 0.597. The highest BCUT2D eigenvalue weighted by Crippen LogP contribution is 2.24. The van der Waals surface area contributed by atoms with Gasteiger partial charge in [-0.05, 0) is 32.0 Å². The van der Waals surface area contributed by atoms with Crippen LogP contribution >= 0.6 is 0 Å². The Hall–Kier alpha value is -1.80. The molecule has 0 aliphatic rings. The normalized spacial score (nSPS) is 13.0. The topological polar surface area (TPSA) is 102 Å². The van der Waals surface area contributed by atoms with Crippen LogP contribution in [0, 0.1) is 0 Å². The molecule has 0 spiro atoms. The highest BCUT2D eigenvalue weighted by atomic mass is 32.2. The maximum absolute atomic E-state index is 12.0. The van der Waals surface area contributed by atoms with E-state index in [1.54, 1.807) is 13.8 Å². The van der Waals surface area contributed by atoms with E-state index < -0.39 is 22.0 Å². The number of ether oxygens (including phenoxy) is 1. The molecule has 0 aliphatic carbocycles. The number of benzene rings is 1. The average Bonchev–Trinajstić information content (AvgIpc) is 2.40. The van der Waals surface area contributed by atoms with E-state index in [9.17, 15) is 13.2 Å². The number of carbonyl (C=O) groups excluding carboxylic acids is 1. The summed E-state index contributed by atoms with van der Waals surface area (Å²) in [5, 5.41) is 2.89. The minimum atomic E-state index is -3.54. The molecule has 0 saturated carbocycles. The molecule has 7 nitrogen and oxygen atoms in total. The van der Waals surface area contributed by atoms with Gasteiger partial charge in [0.15, 0.2) is 0 Å². The van der Waals surface area contributed by atoms with Crippen molar-refractivity contribution in [2.45, 2.75) is 24.8 Å². The van der Waals surface area contributed by atoms with E-state index in [1.807, 2.05) is 0 Å². The zero-order valence-corrected chi connectivity index (χ0v) is 13.4. The number of nitrogen functional groups attached to an aromatic ring is 1. The summed E-state index contributed by atoms with van der Waals surface area (Å²) in [4.78, 5) is 11.6. The largest absolute Gasteiger partial charge is 0.464 e. The molecule has 0 amide bonds. The summed E-state index contributed by atoms with van der Waals surface area (Å²) in [5.41, 5.74) is 6.57. The lowest BCUT2D eigenvalue weighted by atomic mass is 10.2. The predicted octanol–water partition coefficient (Wildman–Crippen LogP) is 0.883. The van der Waals surface area contributed by atoms with Crippen LogP contribution in [0.4, 0.5) is 11.4 Å². The van der Waals surface area contributed by atoms with Crippen molar-refractivity contribution in [2.24, 2.45) is 0 Å². The van der Waals surface area contributed by atoms with Crippen molar-refractivity contribution in [3.63, 3.8) is 0 Å². The van der Waals surface area contributed by atoms with Crippen LogP contribution in [-0.4, -0.2) is 45.4 Å². The molecular weight excluding hydrogens is 294 g/mol. The van der Waals surface area contributed by atoms with Crippen molar-refractivity contribution < 1.29 is 17.9 Å². The lowest BCUT2D eigenvalue weighted by Crippen LogP contribution is -2.28. The van der Waals surface area contributed by atoms with Gasteiger partial charge in [0.25, 0.3) is 0 Å². The van der Waals surface area contributed by atoms with E-state index in [4.69, 9.17) is 10.5 Å². The van der Waals surface area contributed by atoms with Crippen LogP contribution in [-0.2, 0) is 19.6 Å². The van der Waals surface area contributed by atoms with E-state index in [1.165, 1.54) is 32.3 Å². The van der Waals surface area contributed by atoms with E-state index in [-0.39, 0.29) is 10.6 Å². The molecule has 1 aromatic rings. The lowest BCUT2D eigenvalue weighted by molar-refractivity contribution is -0.143. The average molecular weight is 315 g/mol.